The number of carbonyl (C=O) groups is 2. The van der Waals surface area contributed by atoms with Crippen molar-refractivity contribution < 1.29 is 9.59 Å². The van der Waals surface area contributed by atoms with Crippen molar-refractivity contribution in [3.05, 3.63) is 67.6 Å². The molecule has 4 aromatic rings. The third-order valence-electron chi connectivity index (χ3n) is 17.9. The number of thiazole rings is 2. The Hall–Kier alpha value is -2.92. The van der Waals surface area contributed by atoms with Gasteiger partial charge >= 0.3 is 0 Å². The van der Waals surface area contributed by atoms with Crippen LogP contribution in [0.2, 0.25) is 0 Å². The predicted molar refractivity (Wildman–Crippen MR) is 361 cm³/mol. The molecule has 82 heavy (non-hydrogen) atoms. The van der Waals surface area contributed by atoms with E-state index < -0.39 is 0 Å². The lowest BCUT2D eigenvalue weighted by Crippen LogP contribution is -2.35. The quantitative estimate of drug-likeness (QED) is 0.0414. The second-order valence-corrected chi connectivity index (χ2v) is 30.3. The second-order valence-electron chi connectivity index (χ2n) is 26.5. The van der Waals surface area contributed by atoms with Gasteiger partial charge < -0.3 is 9.80 Å². The summed E-state index contributed by atoms with van der Waals surface area (Å²) in [6, 6.07) is 4.76. The molecule has 6 heterocycles. The van der Waals surface area contributed by atoms with Crippen molar-refractivity contribution in [1.82, 2.24) is 19.8 Å². The van der Waals surface area contributed by atoms with E-state index in [1.165, 1.54) is 201 Å². The molecule has 458 valence electrons. The highest BCUT2D eigenvalue weighted by Crippen LogP contribution is 2.50. The molecule has 0 spiro atoms. The first-order valence-electron chi connectivity index (χ1n) is 34.1. The summed E-state index contributed by atoms with van der Waals surface area (Å²) in [4.78, 5) is 51.4. The van der Waals surface area contributed by atoms with Crippen molar-refractivity contribution in [3.63, 3.8) is 0 Å². The summed E-state index contributed by atoms with van der Waals surface area (Å²) in [7, 11) is 0. The van der Waals surface area contributed by atoms with Crippen LogP contribution in [0.5, 0.6) is 0 Å². The van der Waals surface area contributed by atoms with Gasteiger partial charge in [0.15, 0.2) is 0 Å². The van der Waals surface area contributed by atoms with Crippen molar-refractivity contribution in [2.75, 3.05) is 13.1 Å². The molecule has 2 amide bonds. The molecule has 10 heteroatoms. The first-order chi connectivity index (χ1) is 39.8. The van der Waals surface area contributed by atoms with Crippen LogP contribution in [0.3, 0.4) is 0 Å². The Morgan fingerprint density at radius 3 is 1.10 bits per heavy atom. The highest BCUT2D eigenvalue weighted by molar-refractivity contribution is 7.22. The van der Waals surface area contributed by atoms with Crippen molar-refractivity contribution in [1.29, 1.82) is 0 Å². The number of hydrogen-bond acceptors (Lipinski definition) is 8. The first-order valence-corrected chi connectivity index (χ1v) is 37.4. The van der Waals surface area contributed by atoms with Crippen LogP contribution in [0, 0.1) is 35.5 Å². The highest BCUT2D eigenvalue weighted by atomic mass is 32.1. The van der Waals surface area contributed by atoms with Crippen molar-refractivity contribution in [2.45, 2.75) is 288 Å². The molecule has 0 aliphatic carbocycles. The second kappa shape index (κ2) is 37.6. The van der Waals surface area contributed by atoms with Crippen molar-refractivity contribution in [3.8, 4) is 19.5 Å². The van der Waals surface area contributed by atoms with Gasteiger partial charge in [-0.15, -0.1) is 45.3 Å². The zero-order valence-electron chi connectivity index (χ0n) is 53.6. The van der Waals surface area contributed by atoms with E-state index in [-0.39, 0.29) is 11.8 Å². The number of nitrogens with zero attached hydrogens (tertiary/aromatic N) is 4. The number of aromatic nitrogens is 2. The number of fused-ring (bicyclic) bond motifs is 1. The van der Waals surface area contributed by atoms with Gasteiger partial charge in [-0.2, -0.15) is 0 Å². The average molecular weight is 1200 g/mol. The predicted octanol–water partition coefficient (Wildman–Crippen LogP) is 23.3. The Bertz CT molecular complexity index is 2330. The topological polar surface area (TPSA) is 66.4 Å². The van der Waals surface area contributed by atoms with Crippen molar-refractivity contribution >= 4 is 68.6 Å². The maximum atomic E-state index is 16.0. The molecule has 4 atom stereocenters. The first kappa shape index (κ1) is 68.2. The molecule has 6 nitrogen and oxygen atoms in total. The Kier molecular flexibility index (Phi) is 31.3. The molecule has 4 aromatic heterocycles. The van der Waals surface area contributed by atoms with E-state index in [4.69, 9.17) is 9.97 Å². The van der Waals surface area contributed by atoms with Crippen LogP contribution in [0.15, 0.2) is 46.4 Å². The van der Waals surface area contributed by atoms with Gasteiger partial charge in [0.1, 0.15) is 10.0 Å². The Balaban J connectivity index is 1.40. The molecule has 0 saturated carbocycles. The summed E-state index contributed by atoms with van der Waals surface area (Å²) < 4.78 is 0. The van der Waals surface area contributed by atoms with Gasteiger partial charge in [0.2, 0.25) is 0 Å². The smallest absolute Gasteiger partial charge is 0.261 e. The summed E-state index contributed by atoms with van der Waals surface area (Å²) in [5.74, 6) is 3.59. The van der Waals surface area contributed by atoms with E-state index in [1.54, 1.807) is 22.7 Å². The summed E-state index contributed by atoms with van der Waals surface area (Å²) >= 11 is 6.97. The molecule has 0 radical (unpaired) electrons. The minimum Gasteiger partial charge on any atom is -0.304 e. The number of carbonyl (C=O) groups excluding carboxylic acids is 2. The van der Waals surface area contributed by atoms with Crippen LogP contribution in [0.25, 0.3) is 30.9 Å². The van der Waals surface area contributed by atoms with Crippen LogP contribution < -0.4 is 0 Å². The fraction of sp³-hybridized carbons (Fsp3) is 0.722. The number of hydrogen-bond donors (Lipinski definition) is 0. The van der Waals surface area contributed by atoms with Crippen LogP contribution in [0.1, 0.15) is 296 Å². The lowest BCUT2D eigenvalue weighted by atomic mass is 9.93. The SMILES string of the molecule is CCCCCCCCC(CCCCCC)CN1C(=O)C2=C(c3ncc(-c4cc(CCC(C)CCCC(C)C)cs4)s3)N(CC(CCCCCC)CCCCCCCC)C(=O)C2=C1c1ncc(-c2cc(CCC(C)CCCC(C)C)cs2)s1. The van der Waals surface area contributed by atoms with Gasteiger partial charge in [0, 0.05) is 35.2 Å². The van der Waals surface area contributed by atoms with E-state index in [0.29, 0.717) is 47.9 Å². The fourth-order valence-electron chi connectivity index (χ4n) is 12.6. The average Bonchev–Trinajstić information content (AvgIpc) is 2.53. The van der Waals surface area contributed by atoms with Crippen molar-refractivity contribution in [2.24, 2.45) is 35.5 Å². The lowest BCUT2D eigenvalue weighted by Gasteiger charge is -2.29. The molecular formula is C72H114N4O2S4. The normalized spacial score (nSPS) is 15.4. The van der Waals surface area contributed by atoms with E-state index in [9.17, 15) is 0 Å². The Labute approximate surface area is 517 Å². The molecular weight excluding hydrogens is 1080 g/mol. The van der Waals surface area contributed by atoms with Gasteiger partial charge in [-0.1, -0.05) is 236 Å². The standard InChI is InChI=1S/C72H114N4O2S4/c1-11-15-19-23-25-29-39-57(37-27-21-17-13-3)49-75-67(69-73-47-63(81-69)61-45-59(51-79-61)43-41-55(9)35-31-33-53(5)6)65-66(71(75)77)68(76(72(65)78)50-58(38-28-22-18-14-4)40-30-26-24-20-16-12-2)70-74-48-64(82-70)62-46-60(52-80-62)44-42-56(10)36-32-34-54(7)8/h45-48,51-58H,11-44,49-50H2,1-10H3. The summed E-state index contributed by atoms with van der Waals surface area (Å²) in [6.07, 6.45) is 45.6. The van der Waals surface area contributed by atoms with Gasteiger partial charge in [-0.25, -0.2) is 9.97 Å². The number of aryl methyl sites for hydroxylation is 2. The van der Waals surface area contributed by atoms with Crippen LogP contribution in [0.4, 0.5) is 0 Å². The van der Waals surface area contributed by atoms with E-state index in [0.717, 1.165) is 81.5 Å². The van der Waals surface area contributed by atoms with Crippen LogP contribution in [-0.4, -0.2) is 44.7 Å². The number of thiophene rings is 2. The molecule has 0 bridgehead atoms. The zero-order chi connectivity index (χ0) is 58.6. The number of unbranched alkanes of at least 4 members (excludes halogenated alkanes) is 16. The summed E-state index contributed by atoms with van der Waals surface area (Å²) in [6.45, 7) is 24.6. The van der Waals surface area contributed by atoms with Gasteiger partial charge in [0.25, 0.3) is 11.8 Å². The molecule has 6 rings (SSSR count). The van der Waals surface area contributed by atoms with E-state index in [1.807, 2.05) is 35.1 Å². The van der Waals surface area contributed by atoms with Gasteiger partial charge in [0.05, 0.1) is 32.3 Å². The van der Waals surface area contributed by atoms with E-state index in [2.05, 4.69) is 102 Å². The maximum Gasteiger partial charge on any atom is 0.261 e. The van der Waals surface area contributed by atoms with Crippen LogP contribution >= 0.6 is 45.3 Å². The third-order valence-corrected chi connectivity index (χ3v) is 22.3. The fourth-order valence-corrected chi connectivity index (χ4v) is 16.7. The Morgan fingerprint density at radius 2 is 0.744 bits per heavy atom. The number of rotatable bonds is 46. The molecule has 0 saturated heterocycles. The maximum absolute atomic E-state index is 16.0. The third kappa shape index (κ3) is 21.8. The minimum absolute atomic E-state index is 0.0249. The molecule has 0 aromatic carbocycles. The minimum atomic E-state index is -0.0249. The largest absolute Gasteiger partial charge is 0.304 e. The molecule has 0 N–H and O–H groups in total. The summed E-state index contributed by atoms with van der Waals surface area (Å²) in [5.41, 5.74) is 5.45. The van der Waals surface area contributed by atoms with E-state index >= 15 is 9.59 Å². The molecule has 4 unspecified atom stereocenters. The molecule has 2 aliphatic heterocycles. The Morgan fingerprint density at radius 1 is 0.402 bits per heavy atom. The highest BCUT2D eigenvalue weighted by Gasteiger charge is 2.51. The number of amides is 2. The monoisotopic (exact) mass is 1190 g/mol. The van der Waals surface area contributed by atoms with Crippen LogP contribution in [-0.2, 0) is 22.4 Å². The molecule has 0 fully saturated rings. The lowest BCUT2D eigenvalue weighted by molar-refractivity contribution is -0.124. The van der Waals surface area contributed by atoms with Gasteiger partial charge in [-0.3, -0.25) is 9.59 Å². The van der Waals surface area contributed by atoms with Gasteiger partial charge in [-0.05, 0) is 121 Å². The zero-order valence-corrected chi connectivity index (χ0v) is 56.9. The molecule has 2 aliphatic rings. The summed E-state index contributed by atoms with van der Waals surface area (Å²) in [5, 5.41) is 6.28.